The minimum atomic E-state index is -1.83. The van der Waals surface area contributed by atoms with Crippen molar-refractivity contribution in [2.75, 3.05) is 19.8 Å². The number of rotatable bonds is 27. The number of carboxylic acids is 1. The van der Waals surface area contributed by atoms with Crippen LogP contribution in [0.5, 0.6) is 0 Å². The van der Waals surface area contributed by atoms with Gasteiger partial charge in [0.05, 0.1) is 31.8 Å². The maximum atomic E-state index is 12.6. The molecule has 9 N–H and O–H groups in total. The van der Waals surface area contributed by atoms with Crippen LogP contribution in [-0.2, 0) is 42.8 Å². The second-order valence-corrected chi connectivity index (χ2v) is 14.2. The van der Waals surface area contributed by atoms with Gasteiger partial charge in [0.15, 0.2) is 24.8 Å². The summed E-state index contributed by atoms with van der Waals surface area (Å²) >= 11 is 0. The minimum absolute atomic E-state index is 0.0547. The van der Waals surface area contributed by atoms with Gasteiger partial charge in [-0.25, -0.2) is 4.79 Å². The molecule has 0 radical (unpaired) electrons. The van der Waals surface area contributed by atoms with Gasteiger partial charge in [-0.1, -0.05) is 71.1 Å². The highest BCUT2D eigenvalue weighted by atomic mass is 16.8. The molecular weight excluding hydrogens is 720 g/mol. The first kappa shape index (κ1) is 48.1. The zero-order valence-electron chi connectivity index (χ0n) is 31.4. The number of carboxylic acid groups (broad SMARTS) is 1. The van der Waals surface area contributed by atoms with Crippen molar-refractivity contribution in [1.82, 2.24) is 0 Å². The Hall–Kier alpha value is -2.07. The number of carbonyl (C=O) groups excluding carboxylic acids is 2. The Morgan fingerprint density at radius 1 is 0.685 bits per heavy atom. The molecule has 2 saturated heterocycles. The minimum Gasteiger partial charge on any atom is -0.479 e. The van der Waals surface area contributed by atoms with Crippen molar-refractivity contribution in [1.29, 1.82) is 0 Å². The Kier molecular flexibility index (Phi) is 23.1. The number of aliphatic hydroxyl groups excluding tert-OH is 8. The van der Waals surface area contributed by atoms with Crippen LogP contribution >= 0.6 is 0 Å². The SMILES string of the molecule is CCC[C@H](O)CC(=O)O[C@H]1[C@H](O[C@H]2[C@H](O)[C@@H](O)[C@H](OCC[C@H](O)CCCCCCCCCCC[C@@H](O)C(=O)O)O[C@@H]2COC(C)=O)O[C@H](CO)[C@@H](O)[C@@H]1O. The lowest BCUT2D eigenvalue weighted by Gasteiger charge is -2.46. The van der Waals surface area contributed by atoms with E-state index in [2.05, 4.69) is 0 Å². The second kappa shape index (κ2) is 26.0. The van der Waals surface area contributed by atoms with E-state index in [9.17, 15) is 55.2 Å². The van der Waals surface area contributed by atoms with Crippen LogP contribution < -0.4 is 0 Å². The molecule has 54 heavy (non-hydrogen) atoms. The van der Waals surface area contributed by atoms with Crippen molar-refractivity contribution in [2.45, 2.75) is 190 Å². The standard InChI is InChI=1S/C36H64O18/c1-3-13-23(40)18-27(42)53-33-29(44)28(43)25(19-37)51-36(33)54-32-26(20-50-21(2)38)52-35(31(46)30(32)45)49-17-16-22(39)14-11-9-7-5-4-6-8-10-12-15-24(41)34(47)48/h22-26,28-33,35-37,39-41,43-46H,3-20H2,1-2H3,(H,47,48)/t22-,23+,24-,25-,26-,28-,29+,30-,31-,32-,33-,35-,36+/m1/s1. The number of esters is 2. The summed E-state index contributed by atoms with van der Waals surface area (Å²) in [6, 6.07) is 0. The summed E-state index contributed by atoms with van der Waals surface area (Å²) in [5.74, 6) is -2.83. The van der Waals surface area contributed by atoms with Crippen molar-refractivity contribution >= 4 is 17.9 Å². The van der Waals surface area contributed by atoms with Gasteiger partial charge in [0.25, 0.3) is 0 Å². The Balaban J connectivity index is 1.88. The fourth-order valence-electron chi connectivity index (χ4n) is 6.36. The predicted molar refractivity (Wildman–Crippen MR) is 186 cm³/mol. The predicted octanol–water partition coefficient (Wildman–Crippen LogP) is -0.212. The highest BCUT2D eigenvalue weighted by Crippen LogP contribution is 2.31. The summed E-state index contributed by atoms with van der Waals surface area (Å²) < 4.78 is 33.4. The number of unbranched alkanes of at least 4 members (excludes halogenated alkanes) is 8. The average molecular weight is 785 g/mol. The zero-order valence-corrected chi connectivity index (χ0v) is 31.4. The van der Waals surface area contributed by atoms with Crippen molar-refractivity contribution in [3.8, 4) is 0 Å². The maximum absolute atomic E-state index is 12.6. The van der Waals surface area contributed by atoms with Crippen molar-refractivity contribution < 1.29 is 88.8 Å². The van der Waals surface area contributed by atoms with E-state index in [4.69, 9.17) is 33.5 Å². The van der Waals surface area contributed by atoms with Crippen molar-refractivity contribution in [3.63, 3.8) is 0 Å². The van der Waals surface area contributed by atoms with E-state index >= 15 is 0 Å². The summed E-state index contributed by atoms with van der Waals surface area (Å²) in [4.78, 5) is 34.9. The second-order valence-electron chi connectivity index (χ2n) is 14.2. The summed E-state index contributed by atoms with van der Waals surface area (Å²) in [7, 11) is 0. The summed E-state index contributed by atoms with van der Waals surface area (Å²) in [6.07, 6.45) is -9.32. The molecule has 2 rings (SSSR count). The summed E-state index contributed by atoms with van der Waals surface area (Å²) in [5.41, 5.74) is 0. The highest BCUT2D eigenvalue weighted by molar-refractivity contribution is 5.71. The van der Waals surface area contributed by atoms with Gasteiger partial charge in [-0.3, -0.25) is 9.59 Å². The number of ether oxygens (including phenoxy) is 6. The molecule has 2 aliphatic rings. The summed E-state index contributed by atoms with van der Waals surface area (Å²) in [5, 5.41) is 91.6. The van der Waals surface area contributed by atoms with Crippen molar-refractivity contribution in [2.24, 2.45) is 0 Å². The Morgan fingerprint density at radius 2 is 1.26 bits per heavy atom. The third-order valence-electron chi connectivity index (χ3n) is 9.53. The van der Waals surface area contributed by atoms with Gasteiger partial charge in [-0.05, 0) is 25.7 Å². The van der Waals surface area contributed by atoms with Gasteiger partial charge in [0, 0.05) is 6.92 Å². The first-order valence-electron chi connectivity index (χ1n) is 19.2. The zero-order chi connectivity index (χ0) is 40.2. The Labute approximate surface area is 316 Å². The van der Waals surface area contributed by atoms with Crippen LogP contribution in [-0.4, -0.2) is 163 Å². The lowest BCUT2D eigenvalue weighted by molar-refractivity contribution is -0.360. The molecule has 0 aromatic rings. The van der Waals surface area contributed by atoms with Crippen LogP contribution in [0.3, 0.4) is 0 Å². The van der Waals surface area contributed by atoms with Crippen LogP contribution in [0.15, 0.2) is 0 Å². The van der Waals surface area contributed by atoms with E-state index < -0.39 is 117 Å². The maximum Gasteiger partial charge on any atom is 0.332 e. The van der Waals surface area contributed by atoms with E-state index in [1.165, 1.54) is 0 Å². The largest absolute Gasteiger partial charge is 0.479 e. The van der Waals surface area contributed by atoms with Gasteiger partial charge in [-0.15, -0.1) is 0 Å². The molecule has 18 nitrogen and oxygen atoms in total. The van der Waals surface area contributed by atoms with Crippen LogP contribution in [0, 0.1) is 0 Å². The summed E-state index contributed by atoms with van der Waals surface area (Å²) in [6.45, 7) is 1.63. The quantitative estimate of drug-likeness (QED) is 0.0385. The van der Waals surface area contributed by atoms with E-state index in [0.29, 0.717) is 25.7 Å². The molecule has 0 aromatic carbocycles. The fourth-order valence-corrected chi connectivity index (χ4v) is 6.36. The van der Waals surface area contributed by atoms with Gasteiger partial charge in [-0.2, -0.15) is 0 Å². The Bertz CT molecular complexity index is 1060. The third kappa shape index (κ3) is 17.0. The van der Waals surface area contributed by atoms with Gasteiger partial charge in [0.1, 0.15) is 49.3 Å². The molecule has 2 aliphatic heterocycles. The molecule has 0 unspecified atom stereocenters. The molecule has 18 heteroatoms. The first-order valence-corrected chi connectivity index (χ1v) is 19.2. The molecule has 2 fully saturated rings. The fraction of sp³-hybridized carbons (Fsp3) is 0.917. The number of hydrogen-bond donors (Lipinski definition) is 9. The van der Waals surface area contributed by atoms with Gasteiger partial charge >= 0.3 is 17.9 Å². The third-order valence-corrected chi connectivity index (χ3v) is 9.53. The van der Waals surface area contributed by atoms with E-state index in [1.54, 1.807) is 0 Å². The Morgan fingerprint density at radius 3 is 1.83 bits per heavy atom. The lowest BCUT2D eigenvalue weighted by Crippen LogP contribution is -2.65. The topological polar surface area (TPSA) is 289 Å². The van der Waals surface area contributed by atoms with E-state index in [1.807, 2.05) is 6.92 Å². The van der Waals surface area contributed by atoms with Crippen LogP contribution in [0.4, 0.5) is 0 Å². The molecule has 316 valence electrons. The first-order chi connectivity index (χ1) is 25.7. The number of hydrogen-bond acceptors (Lipinski definition) is 17. The molecular formula is C36H64O18. The molecule has 0 saturated carbocycles. The average Bonchev–Trinajstić information content (AvgIpc) is 3.12. The molecule has 0 aromatic heterocycles. The number of aliphatic hydroxyl groups is 8. The molecule has 2 heterocycles. The highest BCUT2D eigenvalue weighted by Gasteiger charge is 2.52. The van der Waals surface area contributed by atoms with Crippen LogP contribution in [0.1, 0.15) is 110 Å². The van der Waals surface area contributed by atoms with Gasteiger partial charge in [0.2, 0.25) is 0 Å². The normalized spacial score (nSPS) is 30.3. The smallest absolute Gasteiger partial charge is 0.332 e. The molecule has 0 spiro atoms. The number of carbonyl (C=O) groups is 3. The van der Waals surface area contributed by atoms with E-state index in [-0.39, 0.29) is 19.4 Å². The lowest BCUT2D eigenvalue weighted by atomic mass is 9.96. The van der Waals surface area contributed by atoms with Crippen LogP contribution in [0.25, 0.3) is 0 Å². The molecule has 0 aliphatic carbocycles. The van der Waals surface area contributed by atoms with Crippen molar-refractivity contribution in [3.05, 3.63) is 0 Å². The molecule has 13 atom stereocenters. The van der Waals surface area contributed by atoms with Gasteiger partial charge < -0.3 is 74.4 Å². The van der Waals surface area contributed by atoms with Crippen LogP contribution in [0.2, 0.25) is 0 Å². The van der Waals surface area contributed by atoms with E-state index in [0.717, 1.165) is 58.3 Å². The monoisotopic (exact) mass is 784 g/mol. The molecule has 0 amide bonds. The molecule has 0 bridgehead atoms. The number of aliphatic carboxylic acids is 1.